The molecule has 0 spiro atoms. The van der Waals surface area contributed by atoms with Gasteiger partial charge in [-0.05, 0) is 62.4 Å². The molecule has 2 bridgehead atoms. The van der Waals surface area contributed by atoms with Gasteiger partial charge in [0, 0.05) is 19.1 Å². The SMILES string of the molecule is Cc1ccc(CNC2CN3CCC2CC3)cc1C. The highest BCUT2D eigenvalue weighted by molar-refractivity contribution is 5.29. The fourth-order valence-electron chi connectivity index (χ4n) is 3.36. The molecule has 3 aliphatic heterocycles. The van der Waals surface area contributed by atoms with Gasteiger partial charge in [0.25, 0.3) is 0 Å². The van der Waals surface area contributed by atoms with Gasteiger partial charge in [0.2, 0.25) is 0 Å². The molecular formula is C16H24N2. The van der Waals surface area contributed by atoms with Crippen molar-refractivity contribution < 1.29 is 0 Å². The monoisotopic (exact) mass is 244 g/mol. The molecular weight excluding hydrogens is 220 g/mol. The lowest BCUT2D eigenvalue weighted by Gasteiger charge is -2.45. The molecule has 1 aromatic carbocycles. The van der Waals surface area contributed by atoms with Crippen molar-refractivity contribution in [1.29, 1.82) is 0 Å². The molecule has 1 atom stereocenters. The predicted molar refractivity (Wildman–Crippen MR) is 75.7 cm³/mol. The van der Waals surface area contributed by atoms with Gasteiger partial charge < -0.3 is 10.2 Å². The number of hydrogen-bond donors (Lipinski definition) is 1. The molecule has 98 valence electrons. The van der Waals surface area contributed by atoms with Crippen LogP contribution in [0.1, 0.15) is 29.5 Å². The van der Waals surface area contributed by atoms with Gasteiger partial charge in [-0.15, -0.1) is 0 Å². The summed E-state index contributed by atoms with van der Waals surface area (Å²) >= 11 is 0. The van der Waals surface area contributed by atoms with E-state index in [1.165, 1.54) is 49.2 Å². The highest BCUT2D eigenvalue weighted by atomic mass is 15.2. The zero-order valence-corrected chi connectivity index (χ0v) is 11.6. The maximum absolute atomic E-state index is 3.77. The van der Waals surface area contributed by atoms with Gasteiger partial charge in [-0.3, -0.25) is 0 Å². The molecule has 0 radical (unpaired) electrons. The zero-order valence-electron chi connectivity index (χ0n) is 11.6. The Morgan fingerprint density at radius 1 is 1.17 bits per heavy atom. The van der Waals surface area contributed by atoms with Crippen LogP contribution in [0.25, 0.3) is 0 Å². The fraction of sp³-hybridized carbons (Fsp3) is 0.625. The standard InChI is InChI=1S/C16H24N2/c1-12-3-4-14(9-13(12)2)10-17-16-11-18-7-5-15(16)6-8-18/h3-4,9,15-17H,5-8,10-11H2,1-2H3. The number of aryl methyl sites for hydroxylation is 2. The molecule has 2 nitrogen and oxygen atoms in total. The van der Waals surface area contributed by atoms with Crippen molar-refractivity contribution in [3.8, 4) is 0 Å². The van der Waals surface area contributed by atoms with E-state index < -0.39 is 0 Å². The van der Waals surface area contributed by atoms with Gasteiger partial charge >= 0.3 is 0 Å². The quantitative estimate of drug-likeness (QED) is 0.879. The molecule has 4 rings (SSSR count). The Bertz CT molecular complexity index is 419. The van der Waals surface area contributed by atoms with E-state index in [9.17, 15) is 0 Å². The molecule has 3 fully saturated rings. The number of nitrogens with zero attached hydrogens (tertiary/aromatic N) is 1. The van der Waals surface area contributed by atoms with E-state index >= 15 is 0 Å². The largest absolute Gasteiger partial charge is 0.308 e. The molecule has 2 heteroatoms. The second-order valence-electron chi connectivity index (χ2n) is 6.04. The molecule has 3 aliphatic rings. The van der Waals surface area contributed by atoms with Crippen molar-refractivity contribution in [2.45, 2.75) is 39.3 Å². The first kappa shape index (κ1) is 12.2. The number of nitrogens with one attached hydrogen (secondary N) is 1. The Hall–Kier alpha value is -0.860. The van der Waals surface area contributed by atoms with Crippen molar-refractivity contribution in [1.82, 2.24) is 10.2 Å². The molecule has 0 aromatic heterocycles. The van der Waals surface area contributed by atoms with Crippen LogP contribution in [0.15, 0.2) is 18.2 Å². The average Bonchev–Trinajstić information content (AvgIpc) is 2.41. The van der Waals surface area contributed by atoms with Crippen molar-refractivity contribution >= 4 is 0 Å². The van der Waals surface area contributed by atoms with E-state index in [-0.39, 0.29) is 0 Å². The molecule has 1 aromatic rings. The molecule has 3 heterocycles. The summed E-state index contributed by atoms with van der Waals surface area (Å²) in [4.78, 5) is 2.61. The molecule has 1 unspecified atom stereocenters. The second kappa shape index (κ2) is 5.02. The van der Waals surface area contributed by atoms with Crippen molar-refractivity contribution in [2.24, 2.45) is 5.92 Å². The van der Waals surface area contributed by atoms with E-state index in [1.807, 2.05) is 0 Å². The Kier molecular flexibility index (Phi) is 3.40. The maximum atomic E-state index is 3.77. The zero-order chi connectivity index (χ0) is 12.5. The van der Waals surface area contributed by atoms with Crippen LogP contribution in [-0.2, 0) is 6.54 Å². The van der Waals surface area contributed by atoms with E-state index in [4.69, 9.17) is 0 Å². The number of piperidine rings is 3. The number of rotatable bonds is 3. The predicted octanol–water partition coefficient (Wildman–Crippen LogP) is 2.49. The summed E-state index contributed by atoms with van der Waals surface area (Å²) in [5.74, 6) is 0.918. The number of hydrogen-bond acceptors (Lipinski definition) is 2. The van der Waals surface area contributed by atoms with Gasteiger partial charge in [-0.25, -0.2) is 0 Å². The van der Waals surface area contributed by atoms with Crippen molar-refractivity contribution in [2.75, 3.05) is 19.6 Å². The summed E-state index contributed by atoms with van der Waals surface area (Å²) in [5, 5.41) is 3.77. The fourth-order valence-corrected chi connectivity index (χ4v) is 3.36. The Morgan fingerprint density at radius 2 is 1.94 bits per heavy atom. The first-order valence-electron chi connectivity index (χ1n) is 7.24. The summed E-state index contributed by atoms with van der Waals surface area (Å²) in [6.45, 7) is 9.32. The third-order valence-electron chi connectivity index (χ3n) is 4.80. The number of fused-ring (bicyclic) bond motifs is 3. The van der Waals surface area contributed by atoms with Crippen LogP contribution >= 0.6 is 0 Å². The minimum Gasteiger partial charge on any atom is -0.308 e. The molecule has 0 amide bonds. The average molecular weight is 244 g/mol. The first-order valence-corrected chi connectivity index (χ1v) is 7.24. The molecule has 1 N–H and O–H groups in total. The minimum atomic E-state index is 0.717. The van der Waals surface area contributed by atoms with Crippen LogP contribution in [0.2, 0.25) is 0 Å². The van der Waals surface area contributed by atoms with Gasteiger partial charge in [-0.2, -0.15) is 0 Å². The first-order chi connectivity index (χ1) is 8.72. The van der Waals surface area contributed by atoms with E-state index in [2.05, 4.69) is 42.3 Å². The molecule has 0 saturated carbocycles. The topological polar surface area (TPSA) is 15.3 Å². The van der Waals surface area contributed by atoms with Crippen molar-refractivity contribution in [3.63, 3.8) is 0 Å². The van der Waals surface area contributed by atoms with Gasteiger partial charge in [0.15, 0.2) is 0 Å². The third kappa shape index (κ3) is 2.45. The van der Waals surface area contributed by atoms with Crippen LogP contribution in [-0.4, -0.2) is 30.6 Å². The van der Waals surface area contributed by atoms with Crippen LogP contribution in [0, 0.1) is 19.8 Å². The summed E-state index contributed by atoms with van der Waals surface area (Å²) in [6, 6.07) is 7.54. The van der Waals surface area contributed by atoms with Crippen LogP contribution in [0.3, 0.4) is 0 Å². The highest BCUT2D eigenvalue weighted by Crippen LogP contribution is 2.27. The third-order valence-corrected chi connectivity index (χ3v) is 4.80. The summed E-state index contributed by atoms with van der Waals surface area (Å²) < 4.78 is 0. The lowest BCUT2D eigenvalue weighted by molar-refractivity contribution is 0.0720. The smallest absolute Gasteiger partial charge is 0.0227 e. The lowest BCUT2D eigenvalue weighted by Crippen LogP contribution is -2.55. The Labute approximate surface area is 110 Å². The molecule has 3 saturated heterocycles. The van der Waals surface area contributed by atoms with E-state index in [0.29, 0.717) is 6.04 Å². The van der Waals surface area contributed by atoms with Gasteiger partial charge in [0.05, 0.1) is 0 Å². The minimum absolute atomic E-state index is 0.717. The van der Waals surface area contributed by atoms with E-state index in [0.717, 1.165) is 12.5 Å². The summed E-state index contributed by atoms with van der Waals surface area (Å²) in [5.41, 5.74) is 4.22. The Balaban J connectivity index is 1.59. The van der Waals surface area contributed by atoms with Crippen LogP contribution in [0.4, 0.5) is 0 Å². The Morgan fingerprint density at radius 3 is 2.56 bits per heavy atom. The maximum Gasteiger partial charge on any atom is 0.0227 e. The van der Waals surface area contributed by atoms with Gasteiger partial charge in [0.1, 0.15) is 0 Å². The molecule has 0 aliphatic carbocycles. The highest BCUT2D eigenvalue weighted by Gasteiger charge is 2.33. The molecule has 18 heavy (non-hydrogen) atoms. The lowest BCUT2D eigenvalue weighted by atomic mass is 9.84. The van der Waals surface area contributed by atoms with Crippen molar-refractivity contribution in [3.05, 3.63) is 34.9 Å². The second-order valence-corrected chi connectivity index (χ2v) is 6.04. The normalized spacial score (nSPS) is 30.7. The van der Waals surface area contributed by atoms with E-state index in [1.54, 1.807) is 0 Å². The van der Waals surface area contributed by atoms with Crippen LogP contribution < -0.4 is 5.32 Å². The number of benzene rings is 1. The van der Waals surface area contributed by atoms with Crippen LogP contribution in [0.5, 0.6) is 0 Å². The van der Waals surface area contributed by atoms with Gasteiger partial charge in [-0.1, -0.05) is 18.2 Å². The summed E-state index contributed by atoms with van der Waals surface area (Å²) in [7, 11) is 0. The summed E-state index contributed by atoms with van der Waals surface area (Å²) in [6.07, 6.45) is 2.79.